The highest BCUT2D eigenvalue weighted by Gasteiger charge is 2.32. The molecule has 0 unspecified atom stereocenters. The van der Waals surface area contributed by atoms with E-state index in [0.29, 0.717) is 20.5 Å². The summed E-state index contributed by atoms with van der Waals surface area (Å²) in [6, 6.07) is 12.8. The number of thiophene rings is 1. The van der Waals surface area contributed by atoms with E-state index < -0.39 is 0 Å². The van der Waals surface area contributed by atoms with Gasteiger partial charge in [-0.2, -0.15) is 0 Å². The largest absolute Gasteiger partial charge is 0.363 e. The van der Waals surface area contributed by atoms with Gasteiger partial charge >= 0.3 is 0 Å². The van der Waals surface area contributed by atoms with Crippen molar-refractivity contribution in [3.05, 3.63) is 75.4 Å². The third kappa shape index (κ3) is 3.57. The van der Waals surface area contributed by atoms with Crippen molar-refractivity contribution in [2.24, 2.45) is 0 Å². The number of aryl methyl sites for hydroxylation is 1. The molecule has 7 heteroatoms. The van der Waals surface area contributed by atoms with E-state index in [1.165, 1.54) is 11.3 Å². The van der Waals surface area contributed by atoms with Gasteiger partial charge < -0.3 is 15.2 Å². The highest BCUT2D eigenvalue weighted by molar-refractivity contribution is 7.18. The molecule has 1 aliphatic heterocycles. The van der Waals surface area contributed by atoms with E-state index in [0.717, 1.165) is 30.6 Å². The summed E-state index contributed by atoms with van der Waals surface area (Å²) in [7, 11) is 0. The summed E-state index contributed by atoms with van der Waals surface area (Å²) in [4.78, 5) is 31.5. The van der Waals surface area contributed by atoms with Gasteiger partial charge in [-0.25, -0.2) is 0 Å². The second kappa shape index (κ2) is 7.81. The third-order valence-electron chi connectivity index (χ3n) is 4.96. The fourth-order valence-electron chi connectivity index (χ4n) is 3.60. The van der Waals surface area contributed by atoms with Crippen LogP contribution in [-0.2, 0) is 0 Å². The van der Waals surface area contributed by atoms with E-state index in [2.05, 4.69) is 10.3 Å². The average Bonchev–Trinajstić information content (AvgIpc) is 3.42. The third-order valence-corrected chi connectivity index (χ3v) is 6.43. The Morgan fingerprint density at radius 3 is 2.82 bits per heavy atom. The van der Waals surface area contributed by atoms with Gasteiger partial charge in [0.15, 0.2) is 0 Å². The minimum absolute atomic E-state index is 0.0119. The number of amides is 2. The molecule has 3 heterocycles. The van der Waals surface area contributed by atoms with Gasteiger partial charge in [-0.05, 0) is 55.7 Å². The number of nitrogens with zero attached hydrogens (tertiary/aromatic N) is 1. The van der Waals surface area contributed by atoms with Crippen LogP contribution in [0.2, 0.25) is 5.02 Å². The summed E-state index contributed by atoms with van der Waals surface area (Å²) in [5.74, 6) is -0.269. The minimum atomic E-state index is -0.281. The normalized spacial score (nSPS) is 16.4. The summed E-state index contributed by atoms with van der Waals surface area (Å²) < 4.78 is 0. The predicted octanol–water partition coefficient (Wildman–Crippen LogP) is 5.27. The van der Waals surface area contributed by atoms with Crippen LogP contribution in [0.3, 0.4) is 0 Å². The summed E-state index contributed by atoms with van der Waals surface area (Å²) in [6.07, 6.45) is 3.82. The molecule has 1 atom stereocenters. The Bertz CT molecular complexity index is 1010. The fourth-order valence-corrected chi connectivity index (χ4v) is 4.84. The number of carbonyl (C=O) groups excluding carboxylic acids is 2. The number of carbonyl (C=O) groups is 2. The molecule has 0 bridgehead atoms. The molecule has 1 saturated heterocycles. The second-order valence-corrected chi connectivity index (χ2v) is 8.30. The van der Waals surface area contributed by atoms with Crippen LogP contribution in [-0.4, -0.2) is 28.2 Å². The van der Waals surface area contributed by atoms with Gasteiger partial charge in [0.05, 0.1) is 26.5 Å². The standard InChI is InChI=1S/C21H20ClN3O2S/c1-13-12-18(24-20(26)14-6-2-3-7-15(14)22)28-19(13)21(27)25-11-5-9-17(25)16-8-4-10-23-16/h2-4,6-8,10,12,17,23H,5,9,11H2,1H3,(H,24,26)/t17-/m0/s1. The average molecular weight is 414 g/mol. The zero-order chi connectivity index (χ0) is 19.7. The monoisotopic (exact) mass is 413 g/mol. The first-order chi connectivity index (χ1) is 13.5. The zero-order valence-electron chi connectivity index (χ0n) is 15.4. The first-order valence-corrected chi connectivity index (χ1v) is 10.3. The number of halogens is 1. The number of aromatic nitrogens is 1. The Hall–Kier alpha value is -2.57. The van der Waals surface area contributed by atoms with E-state index in [4.69, 9.17) is 11.6 Å². The molecule has 5 nitrogen and oxygen atoms in total. The topological polar surface area (TPSA) is 65.2 Å². The van der Waals surface area contributed by atoms with Crippen LogP contribution < -0.4 is 5.32 Å². The van der Waals surface area contributed by atoms with Gasteiger partial charge in [0.2, 0.25) is 0 Å². The molecule has 2 aromatic heterocycles. The number of likely N-dealkylation sites (tertiary alicyclic amines) is 1. The Kier molecular flexibility index (Phi) is 5.24. The predicted molar refractivity (Wildman–Crippen MR) is 112 cm³/mol. The fraction of sp³-hybridized carbons (Fsp3) is 0.238. The van der Waals surface area contributed by atoms with Crippen LogP contribution in [0.5, 0.6) is 0 Å². The number of rotatable bonds is 4. The summed E-state index contributed by atoms with van der Waals surface area (Å²) in [5.41, 5.74) is 2.34. The number of anilines is 1. The van der Waals surface area contributed by atoms with Gasteiger partial charge in [-0.3, -0.25) is 9.59 Å². The molecule has 1 fully saturated rings. The lowest BCUT2D eigenvalue weighted by atomic mass is 10.1. The van der Waals surface area contributed by atoms with Crippen LogP contribution in [0, 0.1) is 6.92 Å². The van der Waals surface area contributed by atoms with Crippen molar-refractivity contribution in [3.8, 4) is 0 Å². The van der Waals surface area contributed by atoms with Gasteiger partial charge in [-0.15, -0.1) is 11.3 Å². The number of nitrogens with one attached hydrogen (secondary N) is 2. The van der Waals surface area contributed by atoms with E-state index in [1.54, 1.807) is 24.3 Å². The second-order valence-electron chi connectivity index (χ2n) is 6.84. The van der Waals surface area contributed by atoms with Crippen LogP contribution >= 0.6 is 22.9 Å². The maximum absolute atomic E-state index is 13.2. The van der Waals surface area contributed by atoms with Crippen molar-refractivity contribution in [1.29, 1.82) is 0 Å². The van der Waals surface area contributed by atoms with Crippen molar-refractivity contribution in [2.75, 3.05) is 11.9 Å². The smallest absolute Gasteiger partial charge is 0.264 e. The van der Waals surface area contributed by atoms with E-state index in [1.807, 2.05) is 36.2 Å². The molecular formula is C21H20ClN3O2S. The first-order valence-electron chi connectivity index (χ1n) is 9.15. The van der Waals surface area contributed by atoms with E-state index in [-0.39, 0.29) is 17.9 Å². The van der Waals surface area contributed by atoms with Crippen LogP contribution in [0.25, 0.3) is 0 Å². The molecule has 0 radical (unpaired) electrons. The maximum atomic E-state index is 13.2. The molecule has 0 spiro atoms. The Balaban J connectivity index is 1.53. The number of hydrogen-bond donors (Lipinski definition) is 2. The summed E-state index contributed by atoms with van der Waals surface area (Å²) >= 11 is 7.41. The summed E-state index contributed by atoms with van der Waals surface area (Å²) in [5, 5.41) is 3.90. The molecule has 144 valence electrons. The van der Waals surface area contributed by atoms with Crippen molar-refractivity contribution >= 4 is 39.8 Å². The SMILES string of the molecule is Cc1cc(NC(=O)c2ccccc2Cl)sc1C(=O)N1CCC[C@H]1c1ccc[nH]1. The number of aromatic amines is 1. The highest BCUT2D eigenvalue weighted by atomic mass is 35.5. The maximum Gasteiger partial charge on any atom is 0.264 e. The lowest BCUT2D eigenvalue weighted by molar-refractivity contribution is 0.0737. The van der Waals surface area contributed by atoms with Crippen molar-refractivity contribution in [1.82, 2.24) is 9.88 Å². The van der Waals surface area contributed by atoms with Crippen molar-refractivity contribution in [3.63, 3.8) is 0 Å². The van der Waals surface area contributed by atoms with Gasteiger partial charge in [0.25, 0.3) is 11.8 Å². The number of benzene rings is 1. The van der Waals surface area contributed by atoms with Crippen molar-refractivity contribution in [2.45, 2.75) is 25.8 Å². The molecule has 0 aliphatic carbocycles. The van der Waals surface area contributed by atoms with Crippen LogP contribution in [0.1, 0.15) is 50.2 Å². The van der Waals surface area contributed by atoms with Crippen LogP contribution in [0.4, 0.5) is 5.00 Å². The molecule has 28 heavy (non-hydrogen) atoms. The molecule has 3 aromatic rings. The summed E-state index contributed by atoms with van der Waals surface area (Å²) in [6.45, 7) is 2.63. The van der Waals surface area contributed by atoms with Gasteiger partial charge in [0, 0.05) is 18.4 Å². The molecule has 4 rings (SSSR count). The Labute approximate surface area is 172 Å². The van der Waals surface area contributed by atoms with E-state index >= 15 is 0 Å². The van der Waals surface area contributed by atoms with E-state index in [9.17, 15) is 9.59 Å². The molecule has 2 N–H and O–H groups in total. The first kappa shape index (κ1) is 18.8. The molecular weight excluding hydrogens is 394 g/mol. The number of hydrogen-bond acceptors (Lipinski definition) is 3. The van der Waals surface area contributed by atoms with Crippen LogP contribution in [0.15, 0.2) is 48.7 Å². The molecule has 1 aliphatic rings. The number of H-pyrrole nitrogens is 1. The minimum Gasteiger partial charge on any atom is -0.363 e. The van der Waals surface area contributed by atoms with Gasteiger partial charge in [-0.1, -0.05) is 23.7 Å². The van der Waals surface area contributed by atoms with Gasteiger partial charge in [0.1, 0.15) is 0 Å². The lowest BCUT2D eigenvalue weighted by Gasteiger charge is -2.23. The zero-order valence-corrected chi connectivity index (χ0v) is 16.9. The lowest BCUT2D eigenvalue weighted by Crippen LogP contribution is -2.30. The highest BCUT2D eigenvalue weighted by Crippen LogP contribution is 2.35. The Morgan fingerprint density at radius 2 is 2.07 bits per heavy atom. The quantitative estimate of drug-likeness (QED) is 0.612. The van der Waals surface area contributed by atoms with Crippen molar-refractivity contribution < 1.29 is 9.59 Å². The molecule has 2 amide bonds. The molecule has 1 aromatic carbocycles. The Morgan fingerprint density at radius 1 is 1.25 bits per heavy atom. The molecule has 0 saturated carbocycles.